The number of esters is 1. The number of ether oxygens (including phenoxy) is 1. The molecular weight excluding hydrogens is 488 g/mol. The maximum absolute atomic E-state index is 13.6. The fourth-order valence-electron chi connectivity index (χ4n) is 7.81. The molecule has 2 N–H and O–H groups in total. The van der Waals surface area contributed by atoms with Crippen LogP contribution in [-0.2, 0) is 21.5 Å². The van der Waals surface area contributed by atoms with Crippen molar-refractivity contribution in [1.82, 2.24) is 9.47 Å². The summed E-state index contributed by atoms with van der Waals surface area (Å²) in [6.45, 7) is 11.6. The van der Waals surface area contributed by atoms with E-state index < -0.39 is 5.41 Å². The van der Waals surface area contributed by atoms with Gasteiger partial charge in [0.15, 0.2) is 0 Å². The van der Waals surface area contributed by atoms with E-state index in [0.717, 1.165) is 25.8 Å². The first-order chi connectivity index (χ1) is 18.7. The SMILES string of the molecule is COC(=O)[C@]1(C)CCC[C@]2(C)c3ccc(C(C)C)cc3-c3c(c4ccccc4n3CCN(CCO)CCO)C12. The molecule has 0 aliphatic heterocycles. The van der Waals surface area contributed by atoms with E-state index in [1.54, 1.807) is 0 Å². The second-order valence-corrected chi connectivity index (χ2v) is 12.3. The van der Waals surface area contributed by atoms with E-state index in [4.69, 9.17) is 4.74 Å². The molecule has 1 unspecified atom stereocenters. The summed E-state index contributed by atoms with van der Waals surface area (Å²) in [5, 5.41) is 20.4. The van der Waals surface area contributed by atoms with Crippen molar-refractivity contribution in [2.24, 2.45) is 5.41 Å². The number of nitrogens with zero attached hydrogens (tertiary/aromatic N) is 2. The number of hydrogen-bond donors (Lipinski definition) is 2. The molecule has 1 aromatic heterocycles. The highest BCUT2D eigenvalue weighted by Crippen LogP contribution is 2.65. The molecule has 39 heavy (non-hydrogen) atoms. The predicted molar refractivity (Wildman–Crippen MR) is 156 cm³/mol. The van der Waals surface area contributed by atoms with Crippen LogP contribution in [-0.4, -0.2) is 65.6 Å². The number of hydrogen-bond acceptors (Lipinski definition) is 5. The number of carbonyl (C=O) groups is 1. The topological polar surface area (TPSA) is 74.9 Å². The van der Waals surface area contributed by atoms with Gasteiger partial charge in [0.25, 0.3) is 0 Å². The Bertz CT molecular complexity index is 1360. The van der Waals surface area contributed by atoms with Crippen LogP contribution in [0.15, 0.2) is 42.5 Å². The van der Waals surface area contributed by atoms with Gasteiger partial charge in [-0.05, 0) is 54.5 Å². The molecule has 1 fully saturated rings. The fraction of sp³-hybridized carbons (Fsp3) is 0.545. The van der Waals surface area contributed by atoms with E-state index in [2.05, 4.69) is 79.6 Å². The first-order valence-electron chi connectivity index (χ1n) is 14.5. The lowest BCUT2D eigenvalue weighted by molar-refractivity contribution is -0.157. The first kappa shape index (κ1) is 27.9. The molecule has 1 saturated carbocycles. The highest BCUT2D eigenvalue weighted by Gasteiger charge is 2.58. The van der Waals surface area contributed by atoms with Gasteiger partial charge in [-0.15, -0.1) is 0 Å². The van der Waals surface area contributed by atoms with Crippen LogP contribution in [0, 0.1) is 5.41 Å². The van der Waals surface area contributed by atoms with Gasteiger partial charge in [0.05, 0.1) is 31.4 Å². The molecule has 6 nitrogen and oxygen atoms in total. The van der Waals surface area contributed by atoms with Gasteiger partial charge < -0.3 is 19.5 Å². The summed E-state index contributed by atoms with van der Waals surface area (Å²) in [6, 6.07) is 15.6. The summed E-state index contributed by atoms with van der Waals surface area (Å²) in [7, 11) is 1.52. The number of para-hydroxylation sites is 1. The molecule has 0 bridgehead atoms. The number of rotatable bonds is 9. The molecule has 0 spiro atoms. The second kappa shape index (κ2) is 10.7. The molecule has 2 aliphatic carbocycles. The Hall–Kier alpha value is -2.67. The predicted octanol–water partition coefficient (Wildman–Crippen LogP) is 5.44. The number of methoxy groups -OCH3 is 1. The molecule has 0 amide bonds. The Kier molecular flexibility index (Phi) is 7.66. The van der Waals surface area contributed by atoms with Crippen molar-refractivity contribution < 1.29 is 19.7 Å². The van der Waals surface area contributed by atoms with Crippen molar-refractivity contribution in [3.63, 3.8) is 0 Å². The van der Waals surface area contributed by atoms with Gasteiger partial charge in [-0.3, -0.25) is 9.69 Å². The molecule has 6 heteroatoms. The lowest BCUT2D eigenvalue weighted by atomic mass is 9.49. The maximum atomic E-state index is 13.6. The third kappa shape index (κ3) is 4.41. The van der Waals surface area contributed by atoms with Crippen molar-refractivity contribution in [3.8, 4) is 11.3 Å². The summed E-state index contributed by atoms with van der Waals surface area (Å²) in [5.41, 5.74) is 6.71. The quantitative estimate of drug-likeness (QED) is 0.359. The van der Waals surface area contributed by atoms with Crippen molar-refractivity contribution in [3.05, 3.63) is 59.2 Å². The maximum Gasteiger partial charge on any atom is 0.312 e. The van der Waals surface area contributed by atoms with E-state index in [1.807, 2.05) is 0 Å². The summed E-state index contributed by atoms with van der Waals surface area (Å²) in [4.78, 5) is 15.7. The zero-order valence-corrected chi connectivity index (χ0v) is 24.2. The van der Waals surface area contributed by atoms with E-state index in [9.17, 15) is 15.0 Å². The van der Waals surface area contributed by atoms with Gasteiger partial charge in [-0.1, -0.05) is 57.5 Å². The molecular formula is C33H44N2O4. The van der Waals surface area contributed by atoms with Crippen LogP contribution in [0.1, 0.15) is 75.5 Å². The monoisotopic (exact) mass is 532 g/mol. The second-order valence-electron chi connectivity index (χ2n) is 12.3. The minimum absolute atomic E-state index is 0.0178. The fourth-order valence-corrected chi connectivity index (χ4v) is 7.81. The Balaban J connectivity index is 1.81. The Morgan fingerprint density at radius 1 is 1.08 bits per heavy atom. The van der Waals surface area contributed by atoms with Gasteiger partial charge in [-0.25, -0.2) is 0 Å². The van der Waals surface area contributed by atoms with Crippen molar-refractivity contribution in [1.29, 1.82) is 0 Å². The van der Waals surface area contributed by atoms with Gasteiger partial charge >= 0.3 is 5.97 Å². The number of aromatic nitrogens is 1. The highest BCUT2D eigenvalue weighted by atomic mass is 16.5. The van der Waals surface area contributed by atoms with Crippen molar-refractivity contribution >= 4 is 16.9 Å². The lowest BCUT2D eigenvalue weighted by Gasteiger charge is -2.54. The van der Waals surface area contributed by atoms with E-state index in [1.165, 1.54) is 46.0 Å². The molecule has 3 atom stereocenters. The van der Waals surface area contributed by atoms with Crippen molar-refractivity contribution in [2.75, 3.05) is 40.0 Å². The van der Waals surface area contributed by atoms with Crippen LogP contribution < -0.4 is 0 Å². The number of carbonyl (C=O) groups excluding carboxylic acids is 1. The van der Waals surface area contributed by atoms with Gasteiger partial charge in [-0.2, -0.15) is 0 Å². The van der Waals surface area contributed by atoms with Gasteiger partial charge in [0.2, 0.25) is 0 Å². The molecule has 1 heterocycles. The van der Waals surface area contributed by atoms with E-state index >= 15 is 0 Å². The van der Waals surface area contributed by atoms with E-state index in [-0.39, 0.29) is 30.5 Å². The van der Waals surface area contributed by atoms with Crippen LogP contribution in [0.4, 0.5) is 0 Å². The molecule has 210 valence electrons. The highest BCUT2D eigenvalue weighted by molar-refractivity contribution is 5.96. The summed E-state index contributed by atoms with van der Waals surface area (Å²) >= 11 is 0. The number of fused-ring (bicyclic) bond motifs is 8. The third-order valence-electron chi connectivity index (χ3n) is 9.67. The zero-order chi connectivity index (χ0) is 27.9. The smallest absolute Gasteiger partial charge is 0.312 e. The molecule has 3 aromatic rings. The average molecular weight is 533 g/mol. The van der Waals surface area contributed by atoms with Crippen LogP contribution in [0.25, 0.3) is 22.2 Å². The average Bonchev–Trinajstić information content (AvgIpc) is 3.25. The normalized spacial score (nSPS) is 24.1. The Morgan fingerprint density at radius 2 is 1.79 bits per heavy atom. The number of aliphatic hydroxyl groups is 2. The van der Waals surface area contributed by atoms with Gasteiger partial charge in [0.1, 0.15) is 0 Å². The first-order valence-corrected chi connectivity index (χ1v) is 14.5. The lowest BCUT2D eigenvalue weighted by Crippen LogP contribution is -2.50. The molecule has 2 aliphatic rings. The Morgan fingerprint density at radius 3 is 2.46 bits per heavy atom. The van der Waals surface area contributed by atoms with Gasteiger partial charge in [0, 0.05) is 54.0 Å². The Labute approximate surface area is 232 Å². The summed E-state index contributed by atoms with van der Waals surface area (Å²) in [5.74, 6) is 0.259. The largest absolute Gasteiger partial charge is 0.469 e. The number of benzene rings is 2. The van der Waals surface area contributed by atoms with Crippen LogP contribution in [0.2, 0.25) is 0 Å². The molecule has 0 radical (unpaired) electrons. The zero-order valence-electron chi connectivity index (χ0n) is 24.2. The third-order valence-corrected chi connectivity index (χ3v) is 9.67. The number of aliphatic hydroxyl groups excluding tert-OH is 2. The van der Waals surface area contributed by atoms with Crippen LogP contribution in [0.5, 0.6) is 0 Å². The molecule has 0 saturated heterocycles. The molecule has 5 rings (SSSR count). The van der Waals surface area contributed by atoms with Crippen LogP contribution >= 0.6 is 0 Å². The minimum Gasteiger partial charge on any atom is -0.469 e. The van der Waals surface area contributed by atoms with Crippen molar-refractivity contribution in [2.45, 2.75) is 70.8 Å². The van der Waals surface area contributed by atoms with E-state index in [0.29, 0.717) is 25.6 Å². The summed E-state index contributed by atoms with van der Waals surface area (Å²) in [6.07, 6.45) is 2.81. The standard InChI is InChI=1S/C33H44N2O4/c1-22(2)23-11-12-26-25(21-23)29-28(30-32(26,3)13-8-14-33(30,4)31(38)39-5)24-9-6-7-10-27(24)35(29)16-15-34(17-19-36)18-20-37/h6-7,9-12,21-22,30,36-37H,8,13-20H2,1-5H3/t30?,32-,33-/m1/s1. The minimum atomic E-state index is -0.639. The summed E-state index contributed by atoms with van der Waals surface area (Å²) < 4.78 is 7.92. The molecule has 2 aromatic carbocycles. The van der Waals surface area contributed by atoms with Crippen LogP contribution in [0.3, 0.4) is 0 Å².